The second-order valence-electron chi connectivity index (χ2n) is 7.75. The average Bonchev–Trinajstić information content (AvgIpc) is 3.09. The van der Waals surface area contributed by atoms with Crippen molar-refractivity contribution in [2.75, 3.05) is 6.54 Å². The molecule has 1 heterocycles. The maximum atomic E-state index is 15.3. The number of rotatable bonds is 3. The predicted octanol–water partition coefficient (Wildman–Crippen LogP) is 6.15. The molecule has 4 rings (SSSR count). The molecular weight excluding hydrogens is 391 g/mol. The summed E-state index contributed by atoms with van der Waals surface area (Å²) in [5, 5.41) is 9.71. The van der Waals surface area contributed by atoms with Crippen LogP contribution in [0.1, 0.15) is 30.5 Å². The monoisotopic (exact) mass is 411 g/mol. The topological polar surface area (TPSA) is 40.5 Å². The van der Waals surface area contributed by atoms with E-state index in [9.17, 15) is 14.3 Å². The number of hydrogen-bond acceptors (Lipinski definition) is 1. The van der Waals surface area contributed by atoms with E-state index in [0.717, 1.165) is 4.90 Å². The van der Waals surface area contributed by atoms with Gasteiger partial charge in [-0.25, -0.2) is 18.0 Å². The van der Waals surface area contributed by atoms with Crippen LogP contribution in [-0.4, -0.2) is 22.6 Å². The fourth-order valence-corrected chi connectivity index (χ4v) is 4.43. The van der Waals surface area contributed by atoms with E-state index >= 15 is 8.78 Å². The van der Waals surface area contributed by atoms with Gasteiger partial charge >= 0.3 is 6.09 Å². The number of halogens is 3. The molecule has 0 aliphatic carbocycles. The van der Waals surface area contributed by atoms with Gasteiger partial charge in [0.15, 0.2) is 11.6 Å². The van der Waals surface area contributed by atoms with Gasteiger partial charge in [-0.05, 0) is 29.7 Å². The van der Waals surface area contributed by atoms with Gasteiger partial charge in [0, 0.05) is 23.1 Å². The molecule has 1 aliphatic rings. The van der Waals surface area contributed by atoms with E-state index in [0.29, 0.717) is 17.5 Å². The second-order valence-corrected chi connectivity index (χ2v) is 7.75. The summed E-state index contributed by atoms with van der Waals surface area (Å²) in [7, 11) is 0. The van der Waals surface area contributed by atoms with Gasteiger partial charge in [0.1, 0.15) is 5.82 Å². The van der Waals surface area contributed by atoms with Gasteiger partial charge in [-0.3, -0.25) is 0 Å². The summed E-state index contributed by atoms with van der Waals surface area (Å²) >= 11 is 0. The largest absolute Gasteiger partial charge is 0.465 e. The van der Waals surface area contributed by atoms with Crippen LogP contribution in [0.5, 0.6) is 0 Å². The molecule has 0 radical (unpaired) electrons. The molecule has 0 aromatic heterocycles. The Balaban J connectivity index is 1.85. The van der Waals surface area contributed by atoms with Crippen LogP contribution in [0.2, 0.25) is 0 Å². The smallest absolute Gasteiger partial charge is 0.407 e. The predicted molar refractivity (Wildman–Crippen MR) is 108 cm³/mol. The van der Waals surface area contributed by atoms with Gasteiger partial charge < -0.3 is 10.0 Å². The summed E-state index contributed by atoms with van der Waals surface area (Å²) < 4.78 is 43.8. The lowest BCUT2D eigenvalue weighted by molar-refractivity contribution is 0.130. The summed E-state index contributed by atoms with van der Waals surface area (Å²) in [5.74, 6) is -2.50. The number of amides is 1. The van der Waals surface area contributed by atoms with Crippen LogP contribution >= 0.6 is 0 Å². The Morgan fingerprint density at radius 2 is 1.63 bits per heavy atom. The van der Waals surface area contributed by atoms with Crippen LogP contribution < -0.4 is 0 Å². The van der Waals surface area contributed by atoms with Crippen LogP contribution in [0.15, 0.2) is 66.7 Å². The lowest BCUT2D eigenvalue weighted by Crippen LogP contribution is -2.37. The molecule has 30 heavy (non-hydrogen) atoms. The molecule has 154 valence electrons. The highest BCUT2D eigenvalue weighted by atomic mass is 19.2. The normalized spacial score (nSPS) is 21.1. The fourth-order valence-electron chi connectivity index (χ4n) is 4.43. The van der Waals surface area contributed by atoms with Crippen molar-refractivity contribution in [3.63, 3.8) is 0 Å². The summed E-state index contributed by atoms with van der Waals surface area (Å²) in [6, 6.07) is 16.3. The Labute approximate surface area is 172 Å². The zero-order valence-electron chi connectivity index (χ0n) is 16.3. The molecule has 0 saturated carbocycles. The summed E-state index contributed by atoms with van der Waals surface area (Å²) in [4.78, 5) is 13.0. The standard InChI is InChI=1S/C24H20F3NO2/c1-24(16-7-9-17(25)10-8-16)13-14-28(23(29)30)22(24)19-12-11-18(20(26)21(19)27)15-5-3-2-4-6-15/h2-12,22H,13-14H2,1H3,(H,29,30). The van der Waals surface area contributed by atoms with Crippen molar-refractivity contribution >= 4 is 6.09 Å². The SMILES string of the molecule is CC1(c2ccc(F)cc2)CCN(C(=O)O)C1c1ccc(-c2ccccc2)c(F)c1F. The van der Waals surface area contributed by atoms with E-state index in [1.807, 2.05) is 0 Å². The van der Waals surface area contributed by atoms with E-state index in [2.05, 4.69) is 0 Å². The Hall–Kier alpha value is -3.28. The molecule has 2 atom stereocenters. The lowest BCUT2D eigenvalue weighted by atomic mass is 9.73. The van der Waals surface area contributed by atoms with E-state index in [-0.39, 0.29) is 17.7 Å². The van der Waals surface area contributed by atoms with Crippen LogP contribution in [0.25, 0.3) is 11.1 Å². The molecule has 3 aromatic rings. The van der Waals surface area contributed by atoms with Crippen LogP contribution in [-0.2, 0) is 5.41 Å². The molecule has 6 heteroatoms. The average molecular weight is 411 g/mol. The number of nitrogens with zero attached hydrogens (tertiary/aromatic N) is 1. The van der Waals surface area contributed by atoms with Crippen molar-refractivity contribution in [3.05, 3.63) is 95.3 Å². The molecule has 2 unspecified atom stereocenters. The van der Waals surface area contributed by atoms with Crippen LogP contribution in [0, 0.1) is 17.5 Å². The van der Waals surface area contributed by atoms with Crippen molar-refractivity contribution in [3.8, 4) is 11.1 Å². The fraction of sp³-hybridized carbons (Fsp3) is 0.208. The zero-order valence-corrected chi connectivity index (χ0v) is 16.3. The first kappa shape index (κ1) is 20.0. The van der Waals surface area contributed by atoms with Crippen molar-refractivity contribution in [2.45, 2.75) is 24.8 Å². The molecule has 3 aromatic carbocycles. The minimum atomic E-state index is -1.21. The van der Waals surface area contributed by atoms with E-state index in [1.165, 1.54) is 24.3 Å². The number of likely N-dealkylation sites (tertiary alicyclic amines) is 1. The maximum Gasteiger partial charge on any atom is 0.407 e. The first-order valence-electron chi connectivity index (χ1n) is 9.62. The van der Waals surface area contributed by atoms with Gasteiger partial charge in [0.05, 0.1) is 6.04 Å². The van der Waals surface area contributed by atoms with Gasteiger partial charge in [0.2, 0.25) is 0 Å². The maximum absolute atomic E-state index is 15.3. The third kappa shape index (κ3) is 3.22. The van der Waals surface area contributed by atoms with Gasteiger partial charge in [-0.2, -0.15) is 0 Å². The summed E-state index contributed by atoms with van der Waals surface area (Å²) in [6.07, 6.45) is -0.810. The quantitative estimate of drug-likeness (QED) is 0.561. The van der Waals surface area contributed by atoms with E-state index in [1.54, 1.807) is 49.4 Å². The van der Waals surface area contributed by atoms with Crippen molar-refractivity contribution < 1.29 is 23.1 Å². The molecule has 1 amide bonds. The highest BCUT2D eigenvalue weighted by Crippen LogP contribution is 2.50. The third-order valence-electron chi connectivity index (χ3n) is 6.03. The van der Waals surface area contributed by atoms with Gasteiger partial charge in [-0.15, -0.1) is 0 Å². The van der Waals surface area contributed by atoms with Crippen LogP contribution in [0.3, 0.4) is 0 Å². The first-order chi connectivity index (χ1) is 14.3. The molecule has 0 spiro atoms. The third-order valence-corrected chi connectivity index (χ3v) is 6.03. The number of carbonyl (C=O) groups is 1. The Bertz CT molecular complexity index is 1090. The minimum absolute atomic E-state index is 0.0288. The highest BCUT2D eigenvalue weighted by molar-refractivity contribution is 5.68. The van der Waals surface area contributed by atoms with E-state index < -0.39 is 35.0 Å². The molecule has 1 fully saturated rings. The number of benzene rings is 3. The Morgan fingerprint density at radius 1 is 0.967 bits per heavy atom. The van der Waals surface area contributed by atoms with Gasteiger partial charge in [-0.1, -0.05) is 61.5 Å². The second kappa shape index (κ2) is 7.52. The number of carboxylic acid groups (broad SMARTS) is 1. The zero-order chi connectivity index (χ0) is 21.5. The van der Waals surface area contributed by atoms with Crippen LogP contribution in [0.4, 0.5) is 18.0 Å². The highest BCUT2D eigenvalue weighted by Gasteiger charge is 2.49. The molecule has 1 saturated heterocycles. The number of hydrogen-bond donors (Lipinski definition) is 1. The van der Waals surface area contributed by atoms with Gasteiger partial charge in [0.25, 0.3) is 0 Å². The Kier molecular flexibility index (Phi) is 5.02. The summed E-state index contributed by atoms with van der Waals surface area (Å²) in [5.41, 5.74) is 0.445. The molecule has 3 nitrogen and oxygen atoms in total. The first-order valence-corrected chi connectivity index (χ1v) is 9.62. The lowest BCUT2D eigenvalue weighted by Gasteiger charge is -2.35. The van der Waals surface area contributed by atoms with Crippen molar-refractivity contribution in [1.82, 2.24) is 4.90 Å². The van der Waals surface area contributed by atoms with E-state index in [4.69, 9.17) is 0 Å². The van der Waals surface area contributed by atoms with Crippen molar-refractivity contribution in [1.29, 1.82) is 0 Å². The minimum Gasteiger partial charge on any atom is -0.465 e. The van der Waals surface area contributed by atoms with Crippen molar-refractivity contribution in [2.24, 2.45) is 0 Å². The Morgan fingerprint density at radius 3 is 2.27 bits per heavy atom. The molecule has 1 aliphatic heterocycles. The summed E-state index contributed by atoms with van der Waals surface area (Å²) in [6.45, 7) is 1.96. The molecular formula is C24H20F3NO2. The molecule has 0 bridgehead atoms. The molecule has 1 N–H and O–H groups in total.